The van der Waals surface area contributed by atoms with Gasteiger partial charge in [0.25, 0.3) is 0 Å². The molecule has 0 bridgehead atoms. The first kappa shape index (κ1) is 16.2. The van der Waals surface area contributed by atoms with Crippen LogP contribution in [0.5, 0.6) is 17.2 Å². The fraction of sp³-hybridized carbons (Fsp3) is 0.133. The quantitative estimate of drug-likeness (QED) is 0.593. The van der Waals surface area contributed by atoms with E-state index in [1.165, 1.54) is 11.8 Å². The summed E-state index contributed by atoms with van der Waals surface area (Å²) >= 11 is 8.39. The average molecular weight is 429 g/mol. The molecule has 0 unspecified atom stereocenters. The molecule has 108 valence electrons. The Kier molecular flexibility index (Phi) is 5.57. The molecule has 0 saturated carbocycles. The highest BCUT2D eigenvalue weighted by Crippen LogP contribution is 2.39. The van der Waals surface area contributed by atoms with Crippen LogP contribution in [0.4, 0.5) is 0 Å². The molecule has 2 aromatic rings. The van der Waals surface area contributed by atoms with E-state index in [1.807, 2.05) is 24.5 Å². The fourth-order valence-corrected chi connectivity index (χ4v) is 3.19. The lowest BCUT2D eigenvalue weighted by molar-refractivity contribution is 0.409. The third-order valence-corrected chi connectivity index (χ3v) is 4.77. The minimum atomic E-state index is 0.530. The van der Waals surface area contributed by atoms with Crippen molar-refractivity contribution < 1.29 is 9.47 Å². The molecule has 0 atom stereocenters. The number of rotatable bonds is 4. The van der Waals surface area contributed by atoms with Crippen LogP contribution in [0.1, 0.15) is 5.56 Å². The Morgan fingerprint density at radius 1 is 1.10 bits per heavy atom. The topological polar surface area (TPSA) is 42.2 Å². The molecule has 0 aliphatic carbocycles. The molecular weight excluding hydrogens is 418 g/mol. The molecule has 2 rings (SSSR count). The van der Waals surface area contributed by atoms with Gasteiger partial charge in [0.1, 0.15) is 28.9 Å². The smallest absolute Gasteiger partial charge is 0.146 e. The van der Waals surface area contributed by atoms with Crippen LogP contribution in [-0.4, -0.2) is 13.4 Å². The first-order chi connectivity index (χ1) is 10.1. The van der Waals surface area contributed by atoms with Crippen LogP contribution in [-0.2, 0) is 0 Å². The van der Waals surface area contributed by atoms with E-state index in [4.69, 9.17) is 9.47 Å². The normalized spacial score (nSPS) is 10.0. The van der Waals surface area contributed by atoms with Gasteiger partial charge in [-0.1, -0.05) is 6.07 Å². The summed E-state index contributed by atoms with van der Waals surface area (Å²) in [5.41, 5.74) is 0.531. The number of hydrogen-bond donors (Lipinski definition) is 0. The Morgan fingerprint density at radius 2 is 1.76 bits per heavy atom. The van der Waals surface area contributed by atoms with Crippen LogP contribution < -0.4 is 9.47 Å². The summed E-state index contributed by atoms with van der Waals surface area (Å²) in [5, 5.41) is 9.33. The van der Waals surface area contributed by atoms with Gasteiger partial charge < -0.3 is 9.47 Å². The van der Waals surface area contributed by atoms with E-state index < -0.39 is 0 Å². The molecule has 0 heterocycles. The summed E-state index contributed by atoms with van der Waals surface area (Å²) in [6.07, 6.45) is 1.93. The minimum Gasteiger partial charge on any atom is -0.496 e. The van der Waals surface area contributed by atoms with Crippen LogP contribution in [0.25, 0.3) is 0 Å². The highest BCUT2D eigenvalue weighted by atomic mass is 79.9. The molecule has 0 saturated heterocycles. The van der Waals surface area contributed by atoms with Gasteiger partial charge in [0, 0.05) is 4.90 Å². The summed E-state index contributed by atoms with van der Waals surface area (Å²) < 4.78 is 12.6. The van der Waals surface area contributed by atoms with E-state index in [0.29, 0.717) is 22.8 Å². The summed E-state index contributed by atoms with van der Waals surface area (Å²) in [4.78, 5) is 0.888. The number of methoxy groups -OCH3 is 1. The van der Waals surface area contributed by atoms with Crippen LogP contribution in [0, 0.1) is 11.3 Å². The van der Waals surface area contributed by atoms with Gasteiger partial charge in [0.2, 0.25) is 0 Å². The van der Waals surface area contributed by atoms with Gasteiger partial charge in [0.05, 0.1) is 16.1 Å². The van der Waals surface area contributed by atoms with Gasteiger partial charge in [-0.05, 0) is 62.4 Å². The second kappa shape index (κ2) is 7.21. The number of hydrogen-bond acceptors (Lipinski definition) is 4. The maximum atomic E-state index is 9.33. The molecule has 0 fully saturated rings. The van der Waals surface area contributed by atoms with Crippen molar-refractivity contribution in [2.24, 2.45) is 0 Å². The van der Waals surface area contributed by atoms with E-state index >= 15 is 0 Å². The molecule has 2 aromatic carbocycles. The number of halogens is 2. The summed E-state index contributed by atoms with van der Waals surface area (Å²) in [5.74, 6) is 1.84. The number of benzene rings is 2. The van der Waals surface area contributed by atoms with Gasteiger partial charge in [-0.3, -0.25) is 0 Å². The zero-order chi connectivity index (χ0) is 15.4. The Balaban J connectivity index is 2.44. The highest BCUT2D eigenvalue weighted by molar-refractivity contribution is 9.11. The zero-order valence-corrected chi connectivity index (χ0v) is 15.3. The van der Waals surface area contributed by atoms with Gasteiger partial charge in [0.15, 0.2) is 0 Å². The third kappa shape index (κ3) is 3.54. The van der Waals surface area contributed by atoms with Crippen molar-refractivity contribution in [1.82, 2.24) is 0 Å². The molecule has 0 spiro atoms. The lowest BCUT2D eigenvalue weighted by atomic mass is 10.2. The van der Waals surface area contributed by atoms with Crippen molar-refractivity contribution >= 4 is 43.6 Å². The molecule has 6 heteroatoms. The van der Waals surface area contributed by atoms with E-state index in [2.05, 4.69) is 37.9 Å². The van der Waals surface area contributed by atoms with E-state index in [0.717, 1.165) is 13.8 Å². The monoisotopic (exact) mass is 427 g/mol. The summed E-state index contributed by atoms with van der Waals surface area (Å²) in [6.45, 7) is 0. The number of ether oxygens (including phenoxy) is 2. The van der Waals surface area contributed by atoms with Crippen LogP contribution in [0.3, 0.4) is 0 Å². The molecule has 0 N–H and O–H groups in total. The SMILES string of the molecule is COc1cc(Br)c(Oc2cccc(SC)c2C#N)cc1Br. The standard InChI is InChI=1S/C15H11Br2NO2S/c1-19-13-6-11(17)14(7-10(13)16)20-12-4-3-5-15(21-2)9(12)8-18/h3-7H,1-2H3. The molecule has 21 heavy (non-hydrogen) atoms. The van der Waals surface area contributed by atoms with Gasteiger partial charge in [-0.25, -0.2) is 0 Å². The maximum absolute atomic E-state index is 9.33. The van der Waals surface area contributed by atoms with Gasteiger partial charge in [-0.2, -0.15) is 5.26 Å². The van der Waals surface area contributed by atoms with E-state index in [9.17, 15) is 5.26 Å². The predicted molar refractivity (Wildman–Crippen MR) is 91.4 cm³/mol. The van der Waals surface area contributed by atoms with Gasteiger partial charge in [-0.15, -0.1) is 11.8 Å². The van der Waals surface area contributed by atoms with E-state index in [-0.39, 0.29) is 0 Å². The van der Waals surface area contributed by atoms with Gasteiger partial charge >= 0.3 is 0 Å². The lowest BCUT2D eigenvalue weighted by Gasteiger charge is -2.13. The molecular formula is C15H11Br2NO2S. The first-order valence-corrected chi connectivity index (χ1v) is 8.69. The number of nitriles is 1. The summed E-state index contributed by atoms with van der Waals surface area (Å²) in [7, 11) is 1.60. The number of thioether (sulfide) groups is 1. The van der Waals surface area contributed by atoms with Crippen molar-refractivity contribution in [3.8, 4) is 23.3 Å². The predicted octanol–water partition coefficient (Wildman–Crippen LogP) is 5.61. The molecule has 3 nitrogen and oxygen atoms in total. The molecule has 0 radical (unpaired) electrons. The van der Waals surface area contributed by atoms with Crippen LogP contribution in [0.2, 0.25) is 0 Å². The van der Waals surface area contributed by atoms with Crippen LogP contribution in [0.15, 0.2) is 44.2 Å². The Hall–Kier alpha value is -1.16. The molecule has 0 aromatic heterocycles. The number of nitrogens with zero attached hydrogens (tertiary/aromatic N) is 1. The molecule has 0 aliphatic heterocycles. The minimum absolute atomic E-state index is 0.530. The second-order valence-electron chi connectivity index (χ2n) is 3.96. The van der Waals surface area contributed by atoms with Crippen molar-refractivity contribution in [3.05, 3.63) is 44.8 Å². The Bertz CT molecular complexity index is 714. The van der Waals surface area contributed by atoms with Crippen molar-refractivity contribution in [3.63, 3.8) is 0 Å². The molecule has 0 aliphatic rings. The second-order valence-corrected chi connectivity index (χ2v) is 6.52. The Labute approximate surface area is 144 Å². The third-order valence-electron chi connectivity index (χ3n) is 2.75. The zero-order valence-electron chi connectivity index (χ0n) is 11.3. The maximum Gasteiger partial charge on any atom is 0.146 e. The Morgan fingerprint density at radius 3 is 2.38 bits per heavy atom. The fourth-order valence-electron chi connectivity index (χ4n) is 1.74. The highest BCUT2D eigenvalue weighted by Gasteiger charge is 2.13. The first-order valence-electron chi connectivity index (χ1n) is 5.88. The molecule has 0 amide bonds. The van der Waals surface area contributed by atoms with Crippen molar-refractivity contribution in [2.75, 3.05) is 13.4 Å². The van der Waals surface area contributed by atoms with Crippen LogP contribution >= 0.6 is 43.6 Å². The van der Waals surface area contributed by atoms with Crippen molar-refractivity contribution in [1.29, 1.82) is 5.26 Å². The van der Waals surface area contributed by atoms with E-state index in [1.54, 1.807) is 19.2 Å². The average Bonchev–Trinajstić information content (AvgIpc) is 2.50. The lowest BCUT2D eigenvalue weighted by Crippen LogP contribution is -1.92. The van der Waals surface area contributed by atoms with Crippen molar-refractivity contribution in [2.45, 2.75) is 4.90 Å². The largest absolute Gasteiger partial charge is 0.496 e. The summed E-state index contributed by atoms with van der Waals surface area (Å²) in [6, 6.07) is 11.4.